The average Bonchev–Trinajstić information content (AvgIpc) is 2.47. The summed E-state index contributed by atoms with van der Waals surface area (Å²) < 4.78 is 0. The molecule has 0 aromatic rings. The van der Waals surface area contributed by atoms with E-state index in [-0.39, 0.29) is 0 Å². The number of amides is 1. The summed E-state index contributed by atoms with van der Waals surface area (Å²) in [6.07, 6.45) is 9.35. The summed E-state index contributed by atoms with van der Waals surface area (Å²) in [6, 6.07) is 0. The molecular weight excluding hydrogens is 260 g/mol. The first-order valence-corrected chi connectivity index (χ1v) is 9.16. The number of carbonyl (C=O) groups excluding carboxylic acids is 1. The summed E-state index contributed by atoms with van der Waals surface area (Å²) in [5, 5.41) is 3.42. The zero-order valence-electron chi connectivity index (χ0n) is 13.4. The van der Waals surface area contributed by atoms with E-state index < -0.39 is 0 Å². The van der Waals surface area contributed by atoms with Gasteiger partial charge in [-0.2, -0.15) is 0 Å². The summed E-state index contributed by atoms with van der Waals surface area (Å²) in [7, 11) is 2.06. The fraction of sp³-hybridized carbons (Fsp3) is 0.944. The van der Waals surface area contributed by atoms with Gasteiger partial charge in [0.15, 0.2) is 0 Å². The Balaban J connectivity index is 1.40. The zero-order valence-corrected chi connectivity index (χ0v) is 13.4. The van der Waals surface area contributed by atoms with Crippen molar-refractivity contribution in [3.63, 3.8) is 0 Å². The van der Waals surface area contributed by atoms with E-state index in [1.165, 1.54) is 44.9 Å². The third kappa shape index (κ3) is 2.62. The van der Waals surface area contributed by atoms with Crippen molar-refractivity contribution in [2.24, 2.45) is 35.5 Å². The van der Waals surface area contributed by atoms with Crippen LogP contribution in [0, 0.1) is 35.5 Å². The Morgan fingerprint density at radius 3 is 2.14 bits per heavy atom. The molecule has 5 rings (SSSR count). The lowest BCUT2D eigenvalue weighted by molar-refractivity contribution is -0.148. The maximum absolute atomic E-state index is 13.0. The van der Waals surface area contributed by atoms with Crippen LogP contribution in [0.2, 0.25) is 0 Å². The van der Waals surface area contributed by atoms with Gasteiger partial charge in [-0.05, 0) is 87.6 Å². The van der Waals surface area contributed by atoms with Crippen molar-refractivity contribution >= 4 is 5.91 Å². The predicted octanol–water partition coefficient (Wildman–Crippen LogP) is 2.52. The zero-order chi connectivity index (χ0) is 14.4. The van der Waals surface area contributed by atoms with Gasteiger partial charge in [-0.1, -0.05) is 0 Å². The summed E-state index contributed by atoms with van der Waals surface area (Å²) in [5.74, 6) is 4.97. The average molecular weight is 290 g/mol. The van der Waals surface area contributed by atoms with E-state index in [2.05, 4.69) is 17.3 Å². The highest BCUT2D eigenvalue weighted by molar-refractivity contribution is 5.79. The molecule has 118 valence electrons. The molecule has 0 atom stereocenters. The molecule has 4 saturated carbocycles. The van der Waals surface area contributed by atoms with Crippen LogP contribution in [0.15, 0.2) is 0 Å². The number of piperidine rings is 1. The first-order chi connectivity index (χ1) is 10.2. The first-order valence-electron chi connectivity index (χ1n) is 9.16. The molecule has 3 heteroatoms. The third-order valence-electron chi connectivity index (χ3n) is 6.88. The van der Waals surface area contributed by atoms with E-state index in [9.17, 15) is 4.79 Å². The molecule has 4 bridgehead atoms. The maximum atomic E-state index is 13.0. The number of nitrogens with one attached hydrogen (secondary N) is 1. The normalized spacial score (nSPS) is 42.2. The fourth-order valence-electron chi connectivity index (χ4n) is 6.12. The lowest BCUT2D eigenvalue weighted by atomic mass is 9.51. The largest absolute Gasteiger partial charge is 0.345 e. The number of rotatable bonds is 3. The SMILES string of the molecule is CN(CC1CCNCC1)C(=O)C1C2CC3CC(C2)CC1C3. The van der Waals surface area contributed by atoms with Crippen molar-refractivity contribution in [1.29, 1.82) is 0 Å². The topological polar surface area (TPSA) is 32.3 Å². The minimum absolute atomic E-state index is 0.379. The molecular formula is C18H30N2O. The second-order valence-corrected chi connectivity index (χ2v) is 8.37. The summed E-state index contributed by atoms with van der Waals surface area (Å²) >= 11 is 0. The van der Waals surface area contributed by atoms with Crippen molar-refractivity contribution in [3.05, 3.63) is 0 Å². The number of hydrogen-bond donors (Lipinski definition) is 1. The number of carbonyl (C=O) groups is 1. The smallest absolute Gasteiger partial charge is 0.225 e. The lowest BCUT2D eigenvalue weighted by Crippen LogP contribution is -2.52. The number of nitrogens with zero attached hydrogens (tertiary/aromatic N) is 1. The molecule has 5 aliphatic rings. The minimum atomic E-state index is 0.379. The molecule has 0 unspecified atom stereocenters. The molecule has 4 aliphatic carbocycles. The molecule has 1 heterocycles. The minimum Gasteiger partial charge on any atom is -0.345 e. The van der Waals surface area contributed by atoms with Gasteiger partial charge in [-0.25, -0.2) is 0 Å². The molecule has 5 fully saturated rings. The van der Waals surface area contributed by atoms with E-state index in [1.54, 1.807) is 0 Å². The molecule has 0 spiro atoms. The second-order valence-electron chi connectivity index (χ2n) is 8.37. The summed E-state index contributed by atoms with van der Waals surface area (Å²) in [5.41, 5.74) is 0. The molecule has 0 aromatic carbocycles. The van der Waals surface area contributed by atoms with Crippen LogP contribution in [0.3, 0.4) is 0 Å². The van der Waals surface area contributed by atoms with Gasteiger partial charge in [0.05, 0.1) is 0 Å². The molecule has 1 saturated heterocycles. The van der Waals surface area contributed by atoms with Gasteiger partial charge < -0.3 is 10.2 Å². The number of hydrogen-bond acceptors (Lipinski definition) is 2. The highest BCUT2D eigenvalue weighted by Crippen LogP contribution is 2.56. The van der Waals surface area contributed by atoms with E-state index in [0.29, 0.717) is 11.8 Å². The molecule has 0 radical (unpaired) electrons. The molecule has 3 nitrogen and oxygen atoms in total. The highest BCUT2D eigenvalue weighted by Gasteiger charge is 2.51. The Kier molecular flexibility index (Phi) is 3.72. The van der Waals surface area contributed by atoms with Gasteiger partial charge in [-0.15, -0.1) is 0 Å². The van der Waals surface area contributed by atoms with Gasteiger partial charge in [-0.3, -0.25) is 4.79 Å². The van der Waals surface area contributed by atoms with Gasteiger partial charge in [0.25, 0.3) is 0 Å². The van der Waals surface area contributed by atoms with E-state index >= 15 is 0 Å². The van der Waals surface area contributed by atoms with Gasteiger partial charge >= 0.3 is 0 Å². The second kappa shape index (κ2) is 5.57. The Morgan fingerprint density at radius 2 is 1.57 bits per heavy atom. The molecule has 1 aliphatic heterocycles. The van der Waals surface area contributed by atoms with E-state index in [0.717, 1.165) is 49.2 Å². The molecule has 1 N–H and O–H groups in total. The quantitative estimate of drug-likeness (QED) is 0.866. The van der Waals surface area contributed by atoms with Crippen molar-refractivity contribution in [2.45, 2.75) is 44.9 Å². The molecule has 1 amide bonds. The van der Waals surface area contributed by atoms with Crippen molar-refractivity contribution < 1.29 is 4.79 Å². The Labute approximate surface area is 128 Å². The maximum Gasteiger partial charge on any atom is 0.225 e. The Hall–Kier alpha value is -0.570. The van der Waals surface area contributed by atoms with Crippen LogP contribution in [0.4, 0.5) is 0 Å². The van der Waals surface area contributed by atoms with Crippen LogP contribution in [0.1, 0.15) is 44.9 Å². The van der Waals surface area contributed by atoms with Crippen molar-refractivity contribution in [3.8, 4) is 0 Å². The summed E-state index contributed by atoms with van der Waals surface area (Å²) in [6.45, 7) is 3.25. The third-order valence-corrected chi connectivity index (χ3v) is 6.88. The molecule has 21 heavy (non-hydrogen) atoms. The van der Waals surface area contributed by atoms with Crippen molar-refractivity contribution in [2.75, 3.05) is 26.7 Å². The van der Waals surface area contributed by atoms with Gasteiger partial charge in [0, 0.05) is 19.5 Å². The van der Waals surface area contributed by atoms with E-state index in [1.807, 2.05) is 0 Å². The predicted molar refractivity (Wildman–Crippen MR) is 83.8 cm³/mol. The van der Waals surface area contributed by atoms with Crippen LogP contribution in [0.5, 0.6) is 0 Å². The standard InChI is InChI=1S/C18H30N2O/c1-20(11-12-2-4-19-5-3-12)18(21)17-15-7-13-6-14(9-15)10-16(17)8-13/h12-17,19H,2-11H2,1H3. The van der Waals surface area contributed by atoms with Crippen molar-refractivity contribution in [1.82, 2.24) is 10.2 Å². The summed E-state index contributed by atoms with van der Waals surface area (Å²) in [4.78, 5) is 15.1. The van der Waals surface area contributed by atoms with Gasteiger partial charge in [0.2, 0.25) is 5.91 Å². The fourth-order valence-corrected chi connectivity index (χ4v) is 6.12. The lowest BCUT2D eigenvalue weighted by Gasteiger charge is -2.54. The molecule has 0 aromatic heterocycles. The van der Waals surface area contributed by atoms with Crippen LogP contribution in [0.25, 0.3) is 0 Å². The van der Waals surface area contributed by atoms with Gasteiger partial charge in [0.1, 0.15) is 0 Å². The van der Waals surface area contributed by atoms with Crippen LogP contribution in [-0.4, -0.2) is 37.5 Å². The Bertz CT molecular complexity index is 374. The first kappa shape index (κ1) is 14.0. The Morgan fingerprint density at radius 1 is 1.00 bits per heavy atom. The van der Waals surface area contributed by atoms with E-state index in [4.69, 9.17) is 0 Å². The monoisotopic (exact) mass is 290 g/mol. The highest BCUT2D eigenvalue weighted by atomic mass is 16.2. The van der Waals surface area contributed by atoms with Crippen LogP contribution >= 0.6 is 0 Å². The van der Waals surface area contributed by atoms with Crippen LogP contribution < -0.4 is 5.32 Å². The van der Waals surface area contributed by atoms with Crippen LogP contribution in [-0.2, 0) is 4.79 Å².